The summed E-state index contributed by atoms with van der Waals surface area (Å²) in [7, 11) is 1.93. The third kappa shape index (κ3) is 3.45. The Morgan fingerprint density at radius 2 is 1.79 bits per heavy atom. The molecule has 1 heterocycles. The number of benzene rings is 1. The number of halogens is 1. The van der Waals surface area contributed by atoms with Gasteiger partial charge in [-0.05, 0) is 107 Å². The lowest BCUT2D eigenvalue weighted by atomic mass is 9.48. The molecule has 0 saturated heterocycles. The fourth-order valence-corrected chi connectivity index (χ4v) is 7.40. The maximum atomic E-state index is 13.7. The number of hydrogen-bond acceptors (Lipinski definition) is 3. The highest BCUT2D eigenvalue weighted by Crippen LogP contribution is 2.60. The number of allylic oxidation sites excluding steroid dienone is 1. The quantitative estimate of drug-likeness (QED) is 0.675. The minimum absolute atomic E-state index is 0.0889. The van der Waals surface area contributed by atoms with Crippen LogP contribution in [-0.2, 0) is 17.8 Å². The second-order valence-corrected chi connectivity index (χ2v) is 11.3. The maximum Gasteiger partial charge on any atom is 0.163 e. The number of nitrogens with one attached hydrogen (secondary N) is 2. The zero-order valence-electron chi connectivity index (χ0n) is 17.9. The average Bonchev–Trinajstić information content (AvgIpc) is 2.61. The molecule has 4 fully saturated rings. The molecule has 29 heavy (non-hydrogen) atoms. The van der Waals surface area contributed by atoms with Gasteiger partial charge in [0.05, 0.1) is 0 Å². The third-order valence-corrected chi connectivity index (χ3v) is 8.22. The number of rotatable bonds is 4. The zero-order chi connectivity index (χ0) is 20.4. The minimum Gasteiger partial charge on any atom is -0.379 e. The Morgan fingerprint density at radius 3 is 2.38 bits per heavy atom. The Labute approximate surface area is 179 Å². The van der Waals surface area contributed by atoms with Gasteiger partial charge in [-0.25, -0.2) is 0 Å². The summed E-state index contributed by atoms with van der Waals surface area (Å²) in [5.41, 5.74) is 4.29. The summed E-state index contributed by atoms with van der Waals surface area (Å²) in [6.45, 7) is 5.13. The molecule has 0 radical (unpaired) electrons. The smallest absolute Gasteiger partial charge is 0.163 e. The van der Waals surface area contributed by atoms with Crippen molar-refractivity contribution in [3.8, 4) is 0 Å². The van der Waals surface area contributed by atoms with E-state index < -0.39 is 0 Å². The number of carbonyl (C=O) groups excluding carboxylic acids is 1. The molecule has 0 amide bonds. The molecule has 4 heteroatoms. The van der Waals surface area contributed by atoms with Crippen LogP contribution < -0.4 is 10.6 Å². The third-order valence-electron chi connectivity index (χ3n) is 7.87. The van der Waals surface area contributed by atoms with E-state index in [9.17, 15) is 4.79 Å². The van der Waals surface area contributed by atoms with Gasteiger partial charge in [0.25, 0.3) is 0 Å². The zero-order valence-corrected chi connectivity index (χ0v) is 18.7. The highest BCUT2D eigenvalue weighted by atomic mass is 35.5. The molecule has 3 nitrogen and oxygen atoms in total. The lowest BCUT2D eigenvalue weighted by Gasteiger charge is -2.55. The van der Waals surface area contributed by atoms with E-state index in [1.165, 1.54) is 24.8 Å². The molecule has 0 unspecified atom stereocenters. The first-order valence-electron chi connectivity index (χ1n) is 11.3. The molecule has 6 rings (SSSR count). The van der Waals surface area contributed by atoms with Crippen molar-refractivity contribution in [2.45, 2.75) is 70.9 Å². The van der Waals surface area contributed by atoms with Gasteiger partial charge >= 0.3 is 0 Å². The van der Waals surface area contributed by atoms with E-state index in [0.29, 0.717) is 5.78 Å². The molecule has 2 N–H and O–H groups in total. The molecule has 1 aliphatic heterocycles. The molecule has 0 spiro atoms. The first kappa shape index (κ1) is 19.6. The molecule has 1 aromatic carbocycles. The van der Waals surface area contributed by atoms with Gasteiger partial charge in [-0.1, -0.05) is 11.6 Å². The normalized spacial score (nSPS) is 35.4. The SMILES string of the molecule is CNCc1cc2c(cc1Cl)CC(C)(C)NC2=CC(=O)C12CC3CC(CC(C3)C1)C2. The van der Waals surface area contributed by atoms with Crippen molar-refractivity contribution in [3.05, 3.63) is 39.9 Å². The van der Waals surface area contributed by atoms with E-state index in [2.05, 4.69) is 36.6 Å². The fraction of sp³-hybridized carbons (Fsp3) is 0.640. The largest absolute Gasteiger partial charge is 0.379 e. The summed E-state index contributed by atoms with van der Waals surface area (Å²) in [4.78, 5) is 13.7. The second-order valence-electron chi connectivity index (χ2n) is 10.9. The summed E-state index contributed by atoms with van der Waals surface area (Å²) >= 11 is 6.55. The predicted octanol–water partition coefficient (Wildman–Crippen LogP) is 5.11. The Balaban J connectivity index is 1.53. The van der Waals surface area contributed by atoms with Crippen molar-refractivity contribution in [2.24, 2.45) is 23.2 Å². The lowest BCUT2D eigenvalue weighted by molar-refractivity contribution is -0.138. The van der Waals surface area contributed by atoms with E-state index in [0.717, 1.165) is 71.8 Å². The molecule has 4 saturated carbocycles. The van der Waals surface area contributed by atoms with Crippen LogP contribution in [0.2, 0.25) is 5.02 Å². The molecule has 0 atom stereocenters. The number of carbonyl (C=O) groups is 1. The summed E-state index contributed by atoms with van der Waals surface area (Å²) in [6, 6.07) is 4.28. The summed E-state index contributed by atoms with van der Waals surface area (Å²) in [5.74, 6) is 2.72. The molecule has 5 aliphatic rings. The molecule has 4 bridgehead atoms. The second kappa shape index (κ2) is 6.85. The number of hydrogen-bond donors (Lipinski definition) is 2. The van der Waals surface area contributed by atoms with E-state index in [-0.39, 0.29) is 11.0 Å². The first-order valence-corrected chi connectivity index (χ1v) is 11.7. The van der Waals surface area contributed by atoms with Gasteiger partial charge < -0.3 is 10.6 Å². The van der Waals surface area contributed by atoms with Crippen molar-refractivity contribution in [2.75, 3.05) is 7.05 Å². The van der Waals surface area contributed by atoms with Crippen molar-refractivity contribution < 1.29 is 4.79 Å². The van der Waals surface area contributed by atoms with E-state index >= 15 is 0 Å². The van der Waals surface area contributed by atoms with Gasteiger partial charge in [-0.2, -0.15) is 0 Å². The molecular formula is C25H33ClN2O. The van der Waals surface area contributed by atoms with Crippen LogP contribution in [-0.4, -0.2) is 18.4 Å². The van der Waals surface area contributed by atoms with Crippen molar-refractivity contribution in [1.82, 2.24) is 10.6 Å². The minimum atomic E-state index is -0.0919. The standard InChI is InChI=1S/C25H33ClN2O/c1-24(2)13-18-8-21(26)19(14-27-3)7-20(18)22(28-24)9-23(29)25-10-15-4-16(11-25)6-17(5-15)12-25/h7-9,15-17,27-28H,4-6,10-14H2,1-3H3. The summed E-state index contributed by atoms with van der Waals surface area (Å²) in [5, 5.41) is 7.69. The van der Waals surface area contributed by atoms with Gasteiger partial charge in [-0.15, -0.1) is 0 Å². The van der Waals surface area contributed by atoms with Crippen molar-refractivity contribution in [1.29, 1.82) is 0 Å². The lowest BCUT2D eigenvalue weighted by Crippen LogP contribution is -2.50. The topological polar surface area (TPSA) is 41.1 Å². The Kier molecular flexibility index (Phi) is 4.64. The fourth-order valence-electron chi connectivity index (χ4n) is 7.14. The van der Waals surface area contributed by atoms with Crippen LogP contribution in [0.5, 0.6) is 0 Å². The van der Waals surface area contributed by atoms with E-state index in [1.54, 1.807) is 0 Å². The van der Waals surface area contributed by atoms with Gasteiger partial charge in [0.1, 0.15) is 0 Å². The Morgan fingerprint density at radius 1 is 1.17 bits per heavy atom. The van der Waals surface area contributed by atoms with Crippen LogP contribution in [0.1, 0.15) is 69.1 Å². The molecule has 156 valence electrons. The van der Waals surface area contributed by atoms with E-state index in [1.807, 2.05) is 13.1 Å². The monoisotopic (exact) mass is 412 g/mol. The van der Waals surface area contributed by atoms with Gasteiger partial charge in [0, 0.05) is 39.9 Å². The molecule has 0 aromatic heterocycles. The average molecular weight is 413 g/mol. The van der Waals surface area contributed by atoms with Crippen molar-refractivity contribution in [3.63, 3.8) is 0 Å². The first-order chi connectivity index (χ1) is 13.8. The van der Waals surface area contributed by atoms with Crippen LogP contribution in [0.3, 0.4) is 0 Å². The molecule has 1 aromatic rings. The summed E-state index contributed by atoms with van der Waals surface area (Å²) < 4.78 is 0. The number of fused-ring (bicyclic) bond motifs is 1. The maximum absolute atomic E-state index is 13.7. The predicted molar refractivity (Wildman–Crippen MR) is 119 cm³/mol. The molecular weight excluding hydrogens is 380 g/mol. The van der Waals surface area contributed by atoms with Crippen LogP contribution in [0.15, 0.2) is 18.2 Å². The van der Waals surface area contributed by atoms with Gasteiger partial charge in [0.2, 0.25) is 0 Å². The van der Waals surface area contributed by atoms with E-state index in [4.69, 9.17) is 11.6 Å². The Bertz CT molecular complexity index is 850. The van der Waals surface area contributed by atoms with Crippen molar-refractivity contribution >= 4 is 23.1 Å². The van der Waals surface area contributed by atoms with Crippen LogP contribution in [0, 0.1) is 23.2 Å². The van der Waals surface area contributed by atoms with Crippen LogP contribution in [0.25, 0.3) is 5.70 Å². The summed E-state index contributed by atoms with van der Waals surface area (Å²) in [6.07, 6.45) is 10.3. The highest BCUT2D eigenvalue weighted by Gasteiger charge is 2.54. The van der Waals surface area contributed by atoms with Gasteiger partial charge in [-0.3, -0.25) is 4.79 Å². The van der Waals surface area contributed by atoms with Crippen LogP contribution in [0.4, 0.5) is 0 Å². The number of ketones is 1. The Hall–Kier alpha value is -1.32. The molecule has 4 aliphatic carbocycles. The van der Waals surface area contributed by atoms with Crippen LogP contribution >= 0.6 is 11.6 Å². The van der Waals surface area contributed by atoms with Gasteiger partial charge in [0.15, 0.2) is 5.78 Å². The highest BCUT2D eigenvalue weighted by molar-refractivity contribution is 6.31.